The topological polar surface area (TPSA) is 47.6 Å². The summed E-state index contributed by atoms with van der Waals surface area (Å²) < 4.78 is 13.3. The predicted octanol–water partition coefficient (Wildman–Crippen LogP) is 7.06. The molecule has 2 fully saturated rings. The molecule has 0 amide bonds. The summed E-state index contributed by atoms with van der Waals surface area (Å²) >= 11 is 0. The number of carbonyl (C=O) groups excluding carboxylic acids is 1. The molecule has 0 radical (unpaired) electrons. The average molecular weight is 460 g/mol. The Bertz CT molecular complexity index is 1170. The van der Waals surface area contributed by atoms with Crippen molar-refractivity contribution < 1.29 is 13.8 Å². The predicted molar refractivity (Wildman–Crippen MR) is 132 cm³/mol. The smallest absolute Gasteiger partial charge is 0.318 e. The summed E-state index contributed by atoms with van der Waals surface area (Å²) in [5.41, 5.74) is 2.47. The molecule has 0 saturated heterocycles. The van der Waals surface area contributed by atoms with Gasteiger partial charge in [0, 0.05) is 29.9 Å². The molecule has 0 aromatic heterocycles. The Morgan fingerprint density at radius 3 is 2.67 bits per heavy atom. The van der Waals surface area contributed by atoms with Crippen molar-refractivity contribution in [1.29, 1.82) is 0 Å². The van der Waals surface area contributed by atoms with Gasteiger partial charge in [-0.15, -0.1) is 0 Å². The number of rotatable bonds is 3. The second-order valence-corrected chi connectivity index (χ2v) is 10.9. The van der Waals surface area contributed by atoms with Crippen LogP contribution in [0, 0.1) is 11.8 Å². The molecule has 1 N–H and O–H groups in total. The third-order valence-corrected chi connectivity index (χ3v) is 9.21. The quantitative estimate of drug-likeness (QED) is 0.426. The van der Waals surface area contributed by atoms with Crippen LogP contribution in [0.4, 0.5) is 0 Å². The van der Waals surface area contributed by atoms with E-state index in [2.05, 4.69) is 72.7 Å². The van der Waals surface area contributed by atoms with Crippen LogP contribution in [0.15, 0.2) is 66.7 Å². The highest BCUT2D eigenvalue weighted by Crippen LogP contribution is 2.58. The van der Waals surface area contributed by atoms with Gasteiger partial charge in [0.1, 0.15) is 11.5 Å². The highest BCUT2D eigenvalue weighted by Gasteiger charge is 2.48. The molecule has 3 aromatic carbocycles. The van der Waals surface area contributed by atoms with Crippen molar-refractivity contribution in [2.75, 3.05) is 0 Å². The second kappa shape index (κ2) is 8.83. The Labute approximate surface area is 196 Å². The molecule has 6 atom stereocenters. The molecule has 4 nitrogen and oxygen atoms in total. The molecule has 5 heteroatoms. The van der Waals surface area contributed by atoms with Gasteiger partial charge in [0.05, 0.1) is 6.10 Å². The minimum Gasteiger partial charge on any atom is -0.436 e. The first-order valence-electron chi connectivity index (χ1n) is 12.2. The van der Waals surface area contributed by atoms with Crippen LogP contribution in [0.2, 0.25) is 0 Å². The fourth-order valence-corrected chi connectivity index (χ4v) is 7.67. The van der Waals surface area contributed by atoms with E-state index < -0.39 is 8.53 Å². The van der Waals surface area contributed by atoms with E-state index in [-0.39, 0.29) is 24.0 Å². The molecule has 2 aliphatic carbocycles. The van der Waals surface area contributed by atoms with Gasteiger partial charge < -0.3 is 9.05 Å². The van der Waals surface area contributed by atoms with Crippen molar-refractivity contribution in [1.82, 2.24) is 5.09 Å². The molecular formula is C28H30NO3P. The summed E-state index contributed by atoms with van der Waals surface area (Å²) in [6, 6.07) is 23.4. The fourth-order valence-electron chi connectivity index (χ4n) is 6.22. The maximum absolute atomic E-state index is 12.9. The van der Waals surface area contributed by atoms with Gasteiger partial charge in [0.15, 0.2) is 0 Å². The van der Waals surface area contributed by atoms with Crippen LogP contribution in [0.5, 0.6) is 5.75 Å². The zero-order chi connectivity index (χ0) is 22.4. The number of Topliss-reactive ketones (excluding diaryl/α,β-unsaturated/α-hetero) is 1. The third kappa shape index (κ3) is 3.89. The molecule has 170 valence electrons. The van der Waals surface area contributed by atoms with Crippen molar-refractivity contribution in [2.45, 2.75) is 57.1 Å². The number of benzene rings is 3. The average Bonchev–Trinajstić information content (AvgIpc) is 3.01. The maximum atomic E-state index is 12.9. The summed E-state index contributed by atoms with van der Waals surface area (Å²) in [5, 5.41) is 6.09. The summed E-state index contributed by atoms with van der Waals surface area (Å²) in [6.07, 6.45) is 4.72. The van der Waals surface area contributed by atoms with Crippen LogP contribution in [-0.2, 0) is 9.32 Å². The van der Waals surface area contributed by atoms with Crippen LogP contribution < -0.4 is 9.61 Å². The monoisotopic (exact) mass is 459 g/mol. The van der Waals surface area contributed by atoms with Gasteiger partial charge in [-0.1, -0.05) is 60.7 Å². The standard InChI is InChI=1S/C28H30NO3P/c1-18(19-8-3-2-4-9-19)29-33-31-25-16-14-20-10-5-6-11-21(20)27(25)28-23-12-7-13-24(30)22(23)15-17-26(28)32-33/h2-6,8-11,14,16,18,22-23,26,28-29H,7,12-13,15,17H2,1H3/t18-,22?,23?,26?,28?,33?/m0/s1. The van der Waals surface area contributed by atoms with E-state index >= 15 is 0 Å². The Morgan fingerprint density at radius 1 is 0.970 bits per heavy atom. The first-order valence-corrected chi connectivity index (χ1v) is 13.4. The molecule has 1 aliphatic heterocycles. The minimum atomic E-state index is -1.32. The molecule has 3 aliphatic rings. The highest BCUT2D eigenvalue weighted by atomic mass is 31.2. The number of hydrogen-bond acceptors (Lipinski definition) is 4. The summed E-state index contributed by atoms with van der Waals surface area (Å²) in [4.78, 5) is 12.9. The van der Waals surface area contributed by atoms with Gasteiger partial charge in [0.2, 0.25) is 0 Å². The van der Waals surface area contributed by atoms with Crippen LogP contribution in [0.25, 0.3) is 10.8 Å². The van der Waals surface area contributed by atoms with Crippen molar-refractivity contribution in [3.05, 3.63) is 77.9 Å². The Morgan fingerprint density at radius 2 is 1.79 bits per heavy atom. The van der Waals surface area contributed by atoms with E-state index in [9.17, 15) is 4.79 Å². The molecule has 0 spiro atoms. The Hall–Kier alpha value is -2.26. The van der Waals surface area contributed by atoms with Crippen molar-refractivity contribution in [2.24, 2.45) is 11.8 Å². The minimum absolute atomic E-state index is 0.0609. The van der Waals surface area contributed by atoms with Gasteiger partial charge in [0.25, 0.3) is 0 Å². The lowest BCUT2D eigenvalue weighted by Crippen LogP contribution is -2.42. The maximum Gasteiger partial charge on any atom is 0.318 e. The summed E-state index contributed by atoms with van der Waals surface area (Å²) in [7, 11) is -1.32. The Kier molecular flexibility index (Phi) is 5.70. The lowest BCUT2D eigenvalue weighted by atomic mass is 9.61. The van der Waals surface area contributed by atoms with Gasteiger partial charge in [-0.3, -0.25) is 4.79 Å². The Balaban J connectivity index is 1.41. The molecule has 6 rings (SSSR count). The molecule has 5 unspecified atom stereocenters. The van der Waals surface area contributed by atoms with Crippen molar-refractivity contribution in [3.63, 3.8) is 0 Å². The fraction of sp³-hybridized carbons (Fsp3) is 0.393. The largest absolute Gasteiger partial charge is 0.436 e. The molecular weight excluding hydrogens is 429 g/mol. The van der Waals surface area contributed by atoms with Crippen LogP contribution in [0.1, 0.15) is 62.1 Å². The van der Waals surface area contributed by atoms with Gasteiger partial charge in [-0.25, -0.2) is 5.09 Å². The lowest BCUT2D eigenvalue weighted by Gasteiger charge is -2.44. The molecule has 0 bridgehead atoms. The molecule has 2 saturated carbocycles. The SMILES string of the molecule is C[C@H](NP1Oc2ccc3ccccc3c2C2C(CCC3C(=O)CCCC32)O1)c1ccccc1. The number of fused-ring (bicyclic) bond motifs is 7. The third-order valence-electron chi connectivity index (χ3n) is 7.79. The van der Waals surface area contributed by atoms with Crippen LogP contribution >= 0.6 is 8.53 Å². The second-order valence-electron chi connectivity index (χ2n) is 9.68. The molecule has 3 aromatic rings. The number of nitrogens with one attached hydrogen (secondary N) is 1. The van der Waals surface area contributed by atoms with E-state index in [1.54, 1.807) is 0 Å². The summed E-state index contributed by atoms with van der Waals surface area (Å²) in [6.45, 7) is 2.16. The summed E-state index contributed by atoms with van der Waals surface area (Å²) in [5.74, 6) is 2.06. The van der Waals surface area contributed by atoms with Crippen LogP contribution in [0.3, 0.4) is 0 Å². The normalized spacial score (nSPS) is 29.8. The van der Waals surface area contributed by atoms with E-state index in [0.717, 1.165) is 37.9 Å². The molecule has 1 heterocycles. The zero-order valence-electron chi connectivity index (χ0n) is 18.9. The first-order chi connectivity index (χ1) is 16.2. The first kappa shape index (κ1) is 21.3. The van der Waals surface area contributed by atoms with Crippen molar-refractivity contribution >= 4 is 25.1 Å². The van der Waals surface area contributed by atoms with Crippen molar-refractivity contribution in [3.8, 4) is 5.75 Å². The van der Waals surface area contributed by atoms with E-state index in [1.165, 1.54) is 21.9 Å². The van der Waals surface area contributed by atoms with Gasteiger partial charge in [-0.05, 0) is 60.9 Å². The number of hydrogen-bond donors (Lipinski definition) is 1. The highest BCUT2D eigenvalue weighted by molar-refractivity contribution is 7.45. The number of carbonyl (C=O) groups is 1. The van der Waals surface area contributed by atoms with Gasteiger partial charge >= 0.3 is 8.53 Å². The van der Waals surface area contributed by atoms with Gasteiger partial charge in [-0.2, -0.15) is 0 Å². The zero-order valence-corrected chi connectivity index (χ0v) is 19.8. The van der Waals surface area contributed by atoms with Crippen LogP contribution in [-0.4, -0.2) is 11.9 Å². The lowest BCUT2D eigenvalue weighted by molar-refractivity contribution is -0.129. The van der Waals surface area contributed by atoms with E-state index in [1.807, 2.05) is 6.07 Å². The van der Waals surface area contributed by atoms with E-state index in [4.69, 9.17) is 9.05 Å². The number of ketones is 1. The van der Waals surface area contributed by atoms with E-state index in [0.29, 0.717) is 11.7 Å². The molecule has 33 heavy (non-hydrogen) atoms.